The minimum atomic E-state index is -4.73. The second-order valence-electron chi connectivity index (χ2n) is 7.50. The molecule has 0 saturated carbocycles. The van der Waals surface area contributed by atoms with Gasteiger partial charge in [0.25, 0.3) is 0 Å². The lowest BCUT2D eigenvalue weighted by Crippen LogP contribution is -2.53. The Balaban J connectivity index is 1.19. The summed E-state index contributed by atoms with van der Waals surface area (Å²) in [5.41, 5.74) is 1.37. The van der Waals surface area contributed by atoms with Gasteiger partial charge in [0.15, 0.2) is 8.96 Å². The number of hydrogen-bond acceptors (Lipinski definition) is 9. The summed E-state index contributed by atoms with van der Waals surface area (Å²) in [7, 11) is -1.17. The summed E-state index contributed by atoms with van der Waals surface area (Å²) in [6.07, 6.45) is -0.256. The average Bonchev–Trinajstić information content (AvgIpc) is 3.28. The van der Waals surface area contributed by atoms with Gasteiger partial charge in [0.2, 0.25) is 5.91 Å². The lowest BCUT2D eigenvalue weighted by molar-refractivity contribution is -0.325. The van der Waals surface area contributed by atoms with E-state index in [1.165, 1.54) is 0 Å². The normalized spacial score (nSPS) is 18.6. The smallest absolute Gasteiger partial charge is 0.488 e. The molecule has 3 heterocycles. The molecule has 1 aromatic heterocycles. The van der Waals surface area contributed by atoms with Gasteiger partial charge in [0.1, 0.15) is 19.0 Å². The number of fused-ring (bicyclic) bond motifs is 1. The van der Waals surface area contributed by atoms with E-state index in [9.17, 15) is 18.0 Å². The van der Waals surface area contributed by atoms with Crippen molar-refractivity contribution in [2.24, 2.45) is 4.99 Å². The standard InChI is InChI=1S/C20H20ClF3N5O5Si/c21-14-2-1-12-7-13(10-32-16(12)8-14)17(30)29-35-6-3-15(26-11-35)9-25-18-27-28-19(34-18)31-4-5-33-20(22,23)24/h1-2,7-9,15,26H,3-6,10-11H2,(H,29,30)/b25-9-. The molecule has 0 spiro atoms. The number of carbonyl (C=O) groups is 1. The number of halogens is 4. The summed E-state index contributed by atoms with van der Waals surface area (Å²) >= 11 is 5.97. The zero-order chi connectivity index (χ0) is 24.8. The molecule has 15 heteroatoms. The Kier molecular flexibility index (Phi) is 8.05. The van der Waals surface area contributed by atoms with E-state index in [-0.39, 0.29) is 30.6 Å². The Morgan fingerprint density at radius 3 is 3.00 bits per heavy atom. The first kappa shape index (κ1) is 25.2. The van der Waals surface area contributed by atoms with Crippen LogP contribution in [-0.4, -0.2) is 69.7 Å². The second kappa shape index (κ2) is 11.2. The first-order chi connectivity index (χ1) is 16.7. The molecular weight excluding hydrogens is 511 g/mol. The molecule has 2 aliphatic rings. The number of ether oxygens (including phenoxy) is 3. The Hall–Kier alpha value is -2.94. The summed E-state index contributed by atoms with van der Waals surface area (Å²) in [6, 6.07) is 5.94. The molecule has 187 valence electrons. The van der Waals surface area contributed by atoms with E-state index in [1.54, 1.807) is 18.3 Å². The third-order valence-corrected chi connectivity index (χ3v) is 7.28. The summed E-state index contributed by atoms with van der Waals surface area (Å²) in [4.78, 5) is 19.8. The third-order valence-electron chi connectivity index (χ3n) is 4.94. The first-order valence-electron chi connectivity index (χ1n) is 10.5. The largest absolute Gasteiger partial charge is 0.522 e. The predicted molar refractivity (Wildman–Crippen MR) is 120 cm³/mol. The van der Waals surface area contributed by atoms with E-state index in [4.69, 9.17) is 25.5 Å². The maximum Gasteiger partial charge on any atom is 0.522 e. The van der Waals surface area contributed by atoms with Crippen LogP contribution in [0, 0.1) is 0 Å². The lowest BCUT2D eigenvalue weighted by Gasteiger charge is -2.27. The quantitative estimate of drug-likeness (QED) is 0.304. The van der Waals surface area contributed by atoms with Crippen LogP contribution in [-0.2, 0) is 9.53 Å². The van der Waals surface area contributed by atoms with E-state index >= 15 is 0 Å². The zero-order valence-electron chi connectivity index (χ0n) is 18.1. The number of carbonyl (C=O) groups excluding carboxylic acids is 1. The molecule has 1 saturated heterocycles. The lowest BCUT2D eigenvalue weighted by atomic mass is 10.1. The van der Waals surface area contributed by atoms with Gasteiger partial charge >= 0.3 is 18.5 Å². The maximum absolute atomic E-state index is 12.7. The number of alkyl halides is 3. The van der Waals surface area contributed by atoms with Crippen LogP contribution >= 0.6 is 11.6 Å². The van der Waals surface area contributed by atoms with Gasteiger partial charge in [0, 0.05) is 29.0 Å². The van der Waals surface area contributed by atoms with Crippen molar-refractivity contribution in [2.75, 3.05) is 26.0 Å². The Labute approximate surface area is 204 Å². The van der Waals surface area contributed by atoms with Crippen LogP contribution in [0.25, 0.3) is 6.08 Å². The molecule has 1 unspecified atom stereocenters. The highest BCUT2D eigenvalue weighted by molar-refractivity contribution is 6.60. The van der Waals surface area contributed by atoms with E-state index in [0.29, 0.717) is 22.5 Å². The van der Waals surface area contributed by atoms with Crippen molar-refractivity contribution in [2.45, 2.75) is 24.9 Å². The number of benzene rings is 1. The number of nitrogens with one attached hydrogen (secondary N) is 2. The van der Waals surface area contributed by atoms with Crippen LogP contribution in [0.5, 0.6) is 11.8 Å². The van der Waals surface area contributed by atoms with Crippen molar-refractivity contribution in [3.63, 3.8) is 0 Å². The highest BCUT2D eigenvalue weighted by atomic mass is 35.5. The third kappa shape index (κ3) is 7.52. The van der Waals surface area contributed by atoms with Gasteiger partial charge in [-0.05, 0) is 36.7 Å². The maximum atomic E-state index is 12.7. The van der Waals surface area contributed by atoms with Crippen LogP contribution in [0.3, 0.4) is 0 Å². The second-order valence-corrected chi connectivity index (χ2v) is 10.2. The highest BCUT2D eigenvalue weighted by Gasteiger charge is 2.29. The Bertz CT molecular complexity index is 1110. The number of aromatic nitrogens is 2. The molecule has 2 aromatic rings. The van der Waals surface area contributed by atoms with E-state index in [2.05, 4.69) is 30.2 Å². The topological polar surface area (TPSA) is 120 Å². The average molecular weight is 531 g/mol. The number of amides is 1. The van der Waals surface area contributed by atoms with E-state index in [0.717, 1.165) is 18.0 Å². The number of aliphatic imine (C=N–C) groups is 1. The number of rotatable bonds is 8. The summed E-state index contributed by atoms with van der Waals surface area (Å²) < 4.78 is 54.9. The summed E-state index contributed by atoms with van der Waals surface area (Å²) in [5, 5.41) is 11.1. The molecule has 1 radical (unpaired) electrons. The van der Waals surface area contributed by atoms with Crippen molar-refractivity contribution in [1.29, 1.82) is 0 Å². The molecule has 0 aliphatic carbocycles. The molecule has 4 rings (SSSR count). The summed E-state index contributed by atoms with van der Waals surface area (Å²) in [5.74, 6) is 0.507. The van der Waals surface area contributed by atoms with Crippen LogP contribution < -0.4 is 19.8 Å². The minimum absolute atomic E-state index is 0.0639. The molecule has 2 N–H and O–H groups in total. The van der Waals surface area contributed by atoms with Crippen LogP contribution in [0.4, 0.5) is 19.2 Å². The van der Waals surface area contributed by atoms with Crippen molar-refractivity contribution >= 4 is 44.8 Å². The molecule has 2 aliphatic heterocycles. The number of nitrogens with zero attached hydrogens (tertiary/aromatic N) is 3. The van der Waals surface area contributed by atoms with Crippen molar-refractivity contribution in [1.82, 2.24) is 20.5 Å². The fourth-order valence-corrected chi connectivity index (χ4v) is 5.47. The molecule has 1 fully saturated rings. The molecule has 0 bridgehead atoms. The zero-order valence-corrected chi connectivity index (χ0v) is 19.9. The van der Waals surface area contributed by atoms with E-state index < -0.39 is 28.5 Å². The van der Waals surface area contributed by atoms with Gasteiger partial charge in [-0.1, -0.05) is 21.8 Å². The van der Waals surface area contributed by atoms with Gasteiger partial charge in [-0.15, -0.1) is 13.2 Å². The first-order valence-corrected chi connectivity index (χ1v) is 12.8. The van der Waals surface area contributed by atoms with Crippen LogP contribution in [0.2, 0.25) is 11.1 Å². The summed E-state index contributed by atoms with van der Waals surface area (Å²) in [6.45, 7) is -0.929. The van der Waals surface area contributed by atoms with Gasteiger partial charge in [-0.2, -0.15) is 0 Å². The fourth-order valence-electron chi connectivity index (χ4n) is 3.27. The van der Waals surface area contributed by atoms with Crippen molar-refractivity contribution in [3.05, 3.63) is 34.4 Å². The van der Waals surface area contributed by atoms with Crippen molar-refractivity contribution < 1.29 is 36.6 Å². The predicted octanol–water partition coefficient (Wildman–Crippen LogP) is 2.83. The molecule has 1 atom stereocenters. The molecular formula is C20H20ClF3N5O5Si. The molecule has 1 aromatic carbocycles. The Morgan fingerprint density at radius 2 is 2.23 bits per heavy atom. The van der Waals surface area contributed by atoms with Crippen molar-refractivity contribution in [3.8, 4) is 11.8 Å². The van der Waals surface area contributed by atoms with Gasteiger partial charge < -0.3 is 24.2 Å². The van der Waals surface area contributed by atoms with Gasteiger partial charge in [-0.3, -0.25) is 9.53 Å². The van der Waals surface area contributed by atoms with Crippen LogP contribution in [0.1, 0.15) is 12.0 Å². The molecule has 10 nitrogen and oxygen atoms in total. The monoisotopic (exact) mass is 530 g/mol. The molecule has 35 heavy (non-hydrogen) atoms. The highest BCUT2D eigenvalue weighted by Crippen LogP contribution is 2.29. The van der Waals surface area contributed by atoms with E-state index in [1.807, 2.05) is 12.1 Å². The van der Waals surface area contributed by atoms with Gasteiger partial charge in [0.05, 0.1) is 12.2 Å². The SMILES string of the molecule is O=C(N[Si]1CCC(/C=N\c2nnc(OCCOC(F)(F)F)o2)NC1)C1=Cc2ccc(Cl)cc2OC1. The minimum Gasteiger partial charge on any atom is -0.488 e. The molecule has 1 amide bonds. The number of hydrogen-bond donors (Lipinski definition) is 2. The van der Waals surface area contributed by atoms with Gasteiger partial charge in [-0.25, -0.2) is 4.99 Å². The van der Waals surface area contributed by atoms with Crippen LogP contribution in [0.15, 0.2) is 33.2 Å². The Morgan fingerprint density at radius 1 is 1.37 bits per heavy atom. The fraction of sp³-hybridized carbons (Fsp3) is 0.400.